The fraction of sp³-hybridized carbons (Fsp3) is 0.167. The number of imide groups is 1. The number of urea groups is 1. The first-order valence-electron chi connectivity index (χ1n) is 7.66. The van der Waals surface area contributed by atoms with Crippen LogP contribution in [0.3, 0.4) is 0 Å². The number of carbonyl (C=O) groups excluding carboxylic acids is 3. The average Bonchev–Trinajstić information content (AvgIpc) is 2.85. The molecule has 3 rings (SSSR count). The van der Waals surface area contributed by atoms with Gasteiger partial charge in [0, 0.05) is 12.7 Å². The summed E-state index contributed by atoms with van der Waals surface area (Å²) in [7, 11) is 1.42. The van der Waals surface area contributed by atoms with Crippen LogP contribution in [-0.4, -0.2) is 29.8 Å². The minimum absolute atomic E-state index is 0.129. The van der Waals surface area contributed by atoms with E-state index < -0.39 is 12.1 Å². The number of anilines is 1. The van der Waals surface area contributed by atoms with Crippen molar-refractivity contribution in [3.05, 3.63) is 65.5 Å². The van der Waals surface area contributed by atoms with Crippen LogP contribution in [0.2, 0.25) is 0 Å². The summed E-state index contributed by atoms with van der Waals surface area (Å²) >= 11 is 0. The van der Waals surface area contributed by atoms with Crippen LogP contribution in [0.25, 0.3) is 0 Å². The normalized spacial score (nSPS) is 16.7. The van der Waals surface area contributed by atoms with Gasteiger partial charge in [0.25, 0.3) is 5.91 Å². The van der Waals surface area contributed by atoms with Crippen LogP contribution in [0, 0.1) is 5.82 Å². The van der Waals surface area contributed by atoms with E-state index in [1.165, 1.54) is 19.2 Å². The van der Waals surface area contributed by atoms with Crippen molar-refractivity contribution in [3.8, 4) is 0 Å². The monoisotopic (exact) mass is 341 g/mol. The predicted octanol–water partition coefficient (Wildman–Crippen LogP) is 2.23. The highest BCUT2D eigenvalue weighted by atomic mass is 19.1. The van der Waals surface area contributed by atoms with Crippen molar-refractivity contribution in [3.63, 3.8) is 0 Å². The van der Waals surface area contributed by atoms with Gasteiger partial charge >= 0.3 is 6.03 Å². The third kappa shape index (κ3) is 3.65. The van der Waals surface area contributed by atoms with E-state index in [1.54, 1.807) is 36.4 Å². The quantitative estimate of drug-likeness (QED) is 0.837. The van der Waals surface area contributed by atoms with Crippen LogP contribution in [0.4, 0.5) is 14.9 Å². The number of nitrogens with zero attached hydrogens (tertiary/aromatic N) is 1. The lowest BCUT2D eigenvalue weighted by Crippen LogP contribution is -2.25. The minimum atomic E-state index is -0.707. The maximum atomic E-state index is 12.9. The average molecular weight is 341 g/mol. The maximum Gasteiger partial charge on any atom is 0.324 e. The summed E-state index contributed by atoms with van der Waals surface area (Å²) in [4.78, 5) is 36.5. The Morgan fingerprint density at radius 2 is 1.76 bits per heavy atom. The van der Waals surface area contributed by atoms with E-state index in [9.17, 15) is 18.8 Å². The van der Waals surface area contributed by atoms with Crippen LogP contribution in [0.1, 0.15) is 17.2 Å². The Morgan fingerprint density at radius 1 is 1.12 bits per heavy atom. The van der Waals surface area contributed by atoms with Gasteiger partial charge in [-0.25, -0.2) is 9.18 Å². The number of carbonyl (C=O) groups is 3. The molecule has 0 bridgehead atoms. The summed E-state index contributed by atoms with van der Waals surface area (Å²) in [5, 5.41) is 5.32. The topological polar surface area (TPSA) is 78.5 Å². The van der Waals surface area contributed by atoms with Gasteiger partial charge < -0.3 is 10.6 Å². The Morgan fingerprint density at radius 3 is 2.32 bits per heavy atom. The van der Waals surface area contributed by atoms with Crippen molar-refractivity contribution in [1.82, 2.24) is 10.2 Å². The second kappa shape index (κ2) is 6.72. The summed E-state index contributed by atoms with van der Waals surface area (Å²) in [6.45, 7) is 0. The van der Waals surface area contributed by atoms with Gasteiger partial charge in [-0.2, -0.15) is 0 Å². The van der Waals surface area contributed by atoms with Crippen molar-refractivity contribution in [2.45, 2.75) is 12.5 Å². The number of nitrogens with one attached hydrogen (secondary N) is 2. The summed E-state index contributed by atoms with van der Waals surface area (Å²) in [5.41, 5.74) is 1.91. The Balaban J connectivity index is 1.62. The summed E-state index contributed by atoms with van der Waals surface area (Å²) in [6, 6.07) is 11.3. The van der Waals surface area contributed by atoms with Crippen LogP contribution in [0.5, 0.6) is 0 Å². The molecule has 2 aromatic carbocycles. The van der Waals surface area contributed by atoms with E-state index >= 15 is 0 Å². The summed E-state index contributed by atoms with van der Waals surface area (Å²) in [6.07, 6.45) is 0.129. The van der Waals surface area contributed by atoms with E-state index in [4.69, 9.17) is 0 Å². The SMILES string of the molecule is CN1C(=O)NC(c2ccc(NC(=O)Cc3ccc(F)cc3)cc2)C1=O. The Bertz CT molecular complexity index is 818. The van der Waals surface area contributed by atoms with E-state index in [0.717, 1.165) is 4.90 Å². The zero-order valence-electron chi connectivity index (χ0n) is 13.5. The molecule has 1 unspecified atom stereocenters. The number of likely N-dealkylation sites (N-methyl/N-ethyl adjacent to an activating group) is 1. The third-order valence-corrected chi connectivity index (χ3v) is 3.96. The smallest absolute Gasteiger partial charge is 0.324 e. The molecule has 0 radical (unpaired) electrons. The standard InChI is InChI=1S/C18H16FN3O3/c1-22-17(24)16(21-18(22)25)12-4-8-14(9-5-12)20-15(23)10-11-2-6-13(19)7-3-11/h2-9,16H,10H2,1H3,(H,20,23)(H,21,25). The van der Waals surface area contributed by atoms with Gasteiger partial charge in [-0.1, -0.05) is 24.3 Å². The summed E-state index contributed by atoms with van der Waals surface area (Å²) < 4.78 is 12.9. The number of benzene rings is 2. The van der Waals surface area contributed by atoms with Gasteiger partial charge in [0.15, 0.2) is 0 Å². The third-order valence-electron chi connectivity index (χ3n) is 3.96. The molecule has 25 heavy (non-hydrogen) atoms. The second-order valence-electron chi connectivity index (χ2n) is 5.75. The molecular weight excluding hydrogens is 325 g/mol. The number of amides is 4. The molecule has 1 aliphatic rings. The lowest BCUT2D eigenvalue weighted by molar-refractivity contribution is -0.126. The molecule has 4 amide bonds. The van der Waals surface area contributed by atoms with Gasteiger partial charge in [-0.3, -0.25) is 14.5 Å². The molecule has 1 atom stereocenters. The molecule has 128 valence electrons. The van der Waals surface area contributed by atoms with E-state index in [2.05, 4.69) is 10.6 Å². The molecule has 1 aliphatic heterocycles. The van der Waals surface area contributed by atoms with Crippen molar-refractivity contribution < 1.29 is 18.8 Å². The van der Waals surface area contributed by atoms with Crippen LogP contribution >= 0.6 is 0 Å². The molecule has 0 saturated carbocycles. The minimum Gasteiger partial charge on any atom is -0.326 e. The van der Waals surface area contributed by atoms with E-state index in [-0.39, 0.29) is 24.1 Å². The highest BCUT2D eigenvalue weighted by molar-refractivity contribution is 6.04. The lowest BCUT2D eigenvalue weighted by Gasteiger charge is -2.10. The summed E-state index contributed by atoms with van der Waals surface area (Å²) in [5.74, 6) is -0.902. The Hall–Kier alpha value is -3.22. The van der Waals surface area contributed by atoms with Crippen LogP contribution in [0.15, 0.2) is 48.5 Å². The Kier molecular flexibility index (Phi) is 4.47. The molecule has 1 heterocycles. The highest BCUT2D eigenvalue weighted by Gasteiger charge is 2.36. The fourth-order valence-corrected chi connectivity index (χ4v) is 2.55. The molecule has 7 heteroatoms. The van der Waals surface area contributed by atoms with Crippen LogP contribution < -0.4 is 10.6 Å². The largest absolute Gasteiger partial charge is 0.326 e. The van der Waals surface area contributed by atoms with Gasteiger partial charge in [0.05, 0.1) is 6.42 Å². The molecule has 0 aromatic heterocycles. The molecule has 1 saturated heterocycles. The fourth-order valence-electron chi connectivity index (χ4n) is 2.55. The lowest BCUT2D eigenvalue weighted by atomic mass is 10.1. The zero-order valence-corrected chi connectivity index (χ0v) is 13.5. The van der Waals surface area contributed by atoms with Crippen molar-refractivity contribution >= 4 is 23.5 Å². The first-order valence-corrected chi connectivity index (χ1v) is 7.66. The van der Waals surface area contributed by atoms with Gasteiger partial charge in [0.1, 0.15) is 11.9 Å². The van der Waals surface area contributed by atoms with Crippen molar-refractivity contribution in [2.24, 2.45) is 0 Å². The number of rotatable bonds is 4. The highest BCUT2D eigenvalue weighted by Crippen LogP contribution is 2.22. The molecule has 6 nitrogen and oxygen atoms in total. The van der Waals surface area contributed by atoms with Gasteiger partial charge in [0.2, 0.25) is 5.91 Å². The first kappa shape index (κ1) is 16.6. The molecule has 1 fully saturated rings. The van der Waals surface area contributed by atoms with E-state index in [1.807, 2.05) is 0 Å². The predicted molar refractivity (Wildman–Crippen MR) is 89.2 cm³/mol. The first-order chi connectivity index (χ1) is 11.9. The number of hydrogen-bond donors (Lipinski definition) is 2. The van der Waals surface area contributed by atoms with Gasteiger partial charge in [-0.15, -0.1) is 0 Å². The molecule has 0 spiro atoms. The number of hydrogen-bond acceptors (Lipinski definition) is 3. The van der Waals surface area contributed by atoms with Gasteiger partial charge in [-0.05, 0) is 35.4 Å². The second-order valence-corrected chi connectivity index (χ2v) is 5.75. The number of halogens is 1. The molecule has 2 aromatic rings. The zero-order chi connectivity index (χ0) is 18.0. The molecule has 0 aliphatic carbocycles. The Labute approximate surface area is 143 Å². The maximum absolute atomic E-state index is 12.9. The molecular formula is C18H16FN3O3. The van der Waals surface area contributed by atoms with Crippen molar-refractivity contribution in [2.75, 3.05) is 12.4 Å². The molecule has 2 N–H and O–H groups in total. The van der Waals surface area contributed by atoms with E-state index in [0.29, 0.717) is 16.8 Å². The van der Waals surface area contributed by atoms with Crippen molar-refractivity contribution in [1.29, 1.82) is 0 Å². The van der Waals surface area contributed by atoms with Crippen LogP contribution in [-0.2, 0) is 16.0 Å².